The number of urea groups is 1. The Morgan fingerprint density at radius 2 is 2.38 bits per heavy atom. The Morgan fingerprint density at radius 3 is 3.04 bits per heavy atom. The van der Waals surface area contributed by atoms with Gasteiger partial charge < -0.3 is 15.0 Å². The summed E-state index contributed by atoms with van der Waals surface area (Å²) in [7, 11) is -1.50. The van der Waals surface area contributed by atoms with E-state index in [1.54, 1.807) is 18.2 Å². The average molecular weight is 399 g/mol. The van der Waals surface area contributed by atoms with Gasteiger partial charge in [-0.1, -0.05) is 0 Å². The third kappa shape index (κ3) is 4.40. The molecule has 1 aliphatic rings. The highest BCUT2D eigenvalue weighted by Gasteiger charge is 2.34. The molecule has 0 radical (unpaired) electrons. The molecule has 1 saturated heterocycles. The van der Waals surface area contributed by atoms with Gasteiger partial charge in [0.2, 0.25) is 0 Å². The van der Waals surface area contributed by atoms with Gasteiger partial charge in [0, 0.05) is 37.9 Å². The lowest BCUT2D eigenvalue weighted by atomic mass is 10.2. The van der Waals surface area contributed by atoms with Crippen LogP contribution in [0.15, 0.2) is 17.8 Å². The van der Waals surface area contributed by atoms with Crippen molar-refractivity contribution in [3.63, 3.8) is 0 Å². The molecule has 2 aromatic rings. The van der Waals surface area contributed by atoms with Gasteiger partial charge in [-0.15, -0.1) is 11.3 Å². The van der Waals surface area contributed by atoms with E-state index in [9.17, 15) is 13.2 Å². The van der Waals surface area contributed by atoms with Gasteiger partial charge in [-0.3, -0.25) is 5.10 Å². The Bertz CT molecular complexity index is 834. The summed E-state index contributed by atoms with van der Waals surface area (Å²) < 4.78 is 28.7. The van der Waals surface area contributed by atoms with Gasteiger partial charge in [-0.05, 0) is 12.8 Å². The third-order valence-corrected chi connectivity index (χ3v) is 6.73. The van der Waals surface area contributed by atoms with Crippen molar-refractivity contribution in [2.24, 2.45) is 0 Å². The number of H-pyrrole nitrogens is 1. The van der Waals surface area contributed by atoms with Crippen LogP contribution < -0.4 is 5.32 Å². The summed E-state index contributed by atoms with van der Waals surface area (Å²) >= 11 is 1.43. The van der Waals surface area contributed by atoms with Crippen molar-refractivity contribution in [3.05, 3.63) is 17.8 Å². The number of ether oxygens (including phenoxy) is 1. The van der Waals surface area contributed by atoms with E-state index in [-0.39, 0.29) is 23.6 Å². The molecule has 1 atom stereocenters. The molecule has 0 bridgehead atoms. The zero-order chi connectivity index (χ0) is 18.6. The number of amides is 2. The number of hydrogen-bond donors (Lipinski definition) is 2. The number of carbonyl (C=O) groups excluding carboxylic acids is 1. The van der Waals surface area contributed by atoms with Crippen LogP contribution in [0.4, 0.5) is 10.5 Å². The predicted molar refractivity (Wildman–Crippen MR) is 99.0 cm³/mol. The second kappa shape index (κ2) is 8.14. The summed E-state index contributed by atoms with van der Waals surface area (Å²) in [5.41, 5.74) is 1.15. The van der Waals surface area contributed by atoms with Crippen LogP contribution in [-0.4, -0.2) is 72.3 Å². The lowest BCUT2D eigenvalue weighted by Crippen LogP contribution is -2.44. The molecule has 26 heavy (non-hydrogen) atoms. The van der Waals surface area contributed by atoms with Crippen molar-refractivity contribution in [1.29, 1.82) is 0 Å². The van der Waals surface area contributed by atoms with Gasteiger partial charge >= 0.3 is 6.03 Å². The fourth-order valence-corrected chi connectivity index (χ4v) is 5.30. The number of aromatic amines is 1. The number of nitrogens with zero attached hydrogens (tertiary/aromatic N) is 3. The summed E-state index contributed by atoms with van der Waals surface area (Å²) in [6.45, 7) is 0.920. The highest BCUT2D eigenvalue weighted by molar-refractivity contribution is 7.91. The zero-order valence-electron chi connectivity index (χ0n) is 14.3. The molecule has 3 heterocycles. The fraction of sp³-hybridized carbons (Fsp3) is 0.533. The van der Waals surface area contributed by atoms with Crippen LogP contribution in [0.5, 0.6) is 0 Å². The van der Waals surface area contributed by atoms with Crippen LogP contribution >= 0.6 is 11.3 Å². The van der Waals surface area contributed by atoms with E-state index in [4.69, 9.17) is 4.74 Å². The molecule has 142 valence electrons. The second-order valence-electron chi connectivity index (χ2n) is 6.02. The molecule has 0 spiro atoms. The lowest BCUT2D eigenvalue weighted by molar-refractivity contribution is 0.162. The average Bonchev–Trinajstić information content (AvgIpc) is 3.32. The van der Waals surface area contributed by atoms with E-state index in [1.807, 2.05) is 5.38 Å². The Kier molecular flexibility index (Phi) is 5.89. The molecule has 1 fully saturated rings. The summed E-state index contributed by atoms with van der Waals surface area (Å²) in [4.78, 5) is 18.6. The second-order valence-corrected chi connectivity index (χ2v) is 9.15. The number of anilines is 1. The Hall–Kier alpha value is -1.98. The molecular formula is C15H21N5O4S2. The van der Waals surface area contributed by atoms with Crippen LogP contribution in [-0.2, 0) is 14.6 Å². The van der Waals surface area contributed by atoms with Crippen molar-refractivity contribution in [1.82, 2.24) is 20.1 Å². The Balaban J connectivity index is 1.74. The normalized spacial score (nSPS) is 18.7. The van der Waals surface area contributed by atoms with Crippen LogP contribution in [0.3, 0.4) is 0 Å². The monoisotopic (exact) mass is 399 g/mol. The van der Waals surface area contributed by atoms with E-state index >= 15 is 0 Å². The fourth-order valence-electron chi connectivity index (χ4n) is 2.93. The molecule has 2 aromatic heterocycles. The van der Waals surface area contributed by atoms with Gasteiger partial charge in [0.05, 0.1) is 23.4 Å². The maximum Gasteiger partial charge on any atom is 0.322 e. The Morgan fingerprint density at radius 1 is 1.54 bits per heavy atom. The van der Waals surface area contributed by atoms with Gasteiger partial charge in [0.25, 0.3) is 0 Å². The molecule has 11 heteroatoms. The van der Waals surface area contributed by atoms with Crippen LogP contribution in [0, 0.1) is 0 Å². The number of sulfone groups is 1. The molecule has 1 aliphatic heterocycles. The first-order valence-electron chi connectivity index (χ1n) is 8.20. The van der Waals surface area contributed by atoms with Crippen LogP contribution in [0.2, 0.25) is 0 Å². The highest BCUT2D eigenvalue weighted by atomic mass is 32.2. The van der Waals surface area contributed by atoms with Gasteiger partial charge in [0.1, 0.15) is 10.7 Å². The standard InChI is InChI=1S/C15H21N5O4S2/c1-24-6-2-5-20(11-3-8-26(22,23)10-11)15(21)18-12-9-17-19-13(12)14-16-4-7-25-14/h4,7,9,11H,2-3,5-6,8,10H2,1H3,(H,17,19)(H,18,21). The Labute approximate surface area is 155 Å². The van der Waals surface area contributed by atoms with Crippen molar-refractivity contribution in [2.45, 2.75) is 18.9 Å². The number of methoxy groups -OCH3 is 1. The van der Waals surface area contributed by atoms with Crippen molar-refractivity contribution >= 4 is 32.9 Å². The molecule has 0 saturated carbocycles. The molecule has 2 N–H and O–H groups in total. The smallest absolute Gasteiger partial charge is 0.322 e. The van der Waals surface area contributed by atoms with Gasteiger partial charge in [0.15, 0.2) is 9.84 Å². The van der Waals surface area contributed by atoms with Crippen LogP contribution in [0.1, 0.15) is 12.8 Å². The number of aromatic nitrogens is 3. The number of thiazole rings is 1. The molecule has 1 unspecified atom stereocenters. The quantitative estimate of drug-likeness (QED) is 0.683. The molecule has 9 nitrogen and oxygen atoms in total. The third-order valence-electron chi connectivity index (χ3n) is 4.18. The lowest BCUT2D eigenvalue weighted by Gasteiger charge is -2.28. The predicted octanol–water partition coefficient (Wildman–Crippen LogP) is 1.59. The van der Waals surface area contributed by atoms with E-state index in [0.717, 1.165) is 0 Å². The molecular weight excluding hydrogens is 378 g/mol. The van der Waals surface area contributed by atoms with E-state index in [0.29, 0.717) is 42.4 Å². The molecule has 0 aromatic carbocycles. The topological polar surface area (TPSA) is 117 Å². The van der Waals surface area contributed by atoms with Gasteiger partial charge in [-0.2, -0.15) is 5.10 Å². The number of carbonyl (C=O) groups is 1. The summed E-state index contributed by atoms with van der Waals surface area (Å²) in [5, 5.41) is 12.2. The minimum absolute atomic E-state index is 0.00186. The summed E-state index contributed by atoms with van der Waals surface area (Å²) in [5.74, 6) is 0.111. The number of nitrogens with one attached hydrogen (secondary N) is 2. The maximum absolute atomic E-state index is 12.8. The van der Waals surface area contributed by atoms with Crippen molar-refractivity contribution in [3.8, 4) is 10.7 Å². The minimum Gasteiger partial charge on any atom is -0.385 e. The molecule has 3 rings (SSSR count). The number of rotatable bonds is 7. The minimum atomic E-state index is -3.09. The van der Waals surface area contributed by atoms with Crippen molar-refractivity contribution < 1.29 is 17.9 Å². The van der Waals surface area contributed by atoms with Crippen LogP contribution in [0.25, 0.3) is 10.7 Å². The maximum atomic E-state index is 12.8. The first kappa shape index (κ1) is 18.8. The zero-order valence-corrected chi connectivity index (χ0v) is 16.0. The number of hydrogen-bond acceptors (Lipinski definition) is 7. The van der Waals surface area contributed by atoms with Crippen molar-refractivity contribution in [2.75, 3.05) is 37.1 Å². The van der Waals surface area contributed by atoms with E-state index < -0.39 is 9.84 Å². The first-order chi connectivity index (χ1) is 12.5. The highest BCUT2D eigenvalue weighted by Crippen LogP contribution is 2.27. The summed E-state index contributed by atoms with van der Waals surface area (Å²) in [6, 6.07) is -0.672. The molecule has 2 amide bonds. The van der Waals surface area contributed by atoms with E-state index in [2.05, 4.69) is 20.5 Å². The van der Waals surface area contributed by atoms with E-state index in [1.165, 1.54) is 17.5 Å². The van der Waals surface area contributed by atoms with Gasteiger partial charge in [-0.25, -0.2) is 18.2 Å². The largest absolute Gasteiger partial charge is 0.385 e. The SMILES string of the molecule is COCCCN(C(=O)Nc1cn[nH]c1-c1nccs1)C1CCS(=O)(=O)C1. The first-order valence-corrected chi connectivity index (χ1v) is 10.9. The summed E-state index contributed by atoms with van der Waals surface area (Å²) in [6.07, 6.45) is 4.28. The molecule has 0 aliphatic carbocycles.